The van der Waals surface area contributed by atoms with Gasteiger partial charge in [0.2, 0.25) is 0 Å². The van der Waals surface area contributed by atoms with Crippen LogP contribution in [0.15, 0.2) is 158 Å². The van der Waals surface area contributed by atoms with Crippen molar-refractivity contribution in [2.75, 3.05) is 0 Å². The molecule has 0 fully saturated rings. The fraction of sp³-hybridized carbons (Fsp3) is 0.314. The monoisotopic (exact) mass is 979 g/mol. The molecule has 0 saturated carbocycles. The van der Waals surface area contributed by atoms with Gasteiger partial charge in [0.05, 0.1) is 28.0 Å². The summed E-state index contributed by atoms with van der Waals surface area (Å²) in [5, 5.41) is 12.8. The van der Waals surface area contributed by atoms with Gasteiger partial charge in [0.1, 0.15) is 11.6 Å². The normalized spacial score (nSPS) is 13.2. The van der Waals surface area contributed by atoms with E-state index in [4.69, 9.17) is 9.97 Å². The van der Waals surface area contributed by atoms with Crippen molar-refractivity contribution in [2.24, 2.45) is 0 Å². The second-order valence-corrected chi connectivity index (χ2v) is 23.3. The molecule has 0 amide bonds. The van der Waals surface area contributed by atoms with Gasteiger partial charge in [-0.15, -0.1) is 0 Å². The van der Waals surface area contributed by atoms with Gasteiger partial charge in [-0.2, -0.15) is 0 Å². The number of nitrogens with zero attached hydrogens (tertiary/aromatic N) is 3. The molecule has 74 heavy (non-hydrogen) atoms. The molecule has 378 valence electrons. The highest BCUT2D eigenvalue weighted by Gasteiger charge is 2.34. The maximum Gasteiger partial charge on any atom is 0.149 e. The van der Waals surface area contributed by atoms with Crippen LogP contribution in [0.25, 0.3) is 83.9 Å². The molecule has 4 heteroatoms. The van der Waals surface area contributed by atoms with E-state index < -0.39 is 12.3 Å². The molecule has 9 aromatic rings. The van der Waals surface area contributed by atoms with E-state index in [0.717, 1.165) is 98.1 Å². The van der Waals surface area contributed by atoms with Crippen LogP contribution in [-0.4, -0.2) is 19.6 Å². The van der Waals surface area contributed by atoms with Crippen LogP contribution in [0.5, 0.6) is 5.75 Å². The van der Waals surface area contributed by atoms with Crippen LogP contribution in [0, 0.1) is 13.8 Å². The number of hydrogen-bond acceptors (Lipinski definition) is 3. The second kappa shape index (κ2) is 20.0. The summed E-state index contributed by atoms with van der Waals surface area (Å²) in [6, 6.07) is 52.9. The summed E-state index contributed by atoms with van der Waals surface area (Å²) in [6.07, 6.45) is 5.62. The summed E-state index contributed by atoms with van der Waals surface area (Å²) in [4.78, 5) is 10.6. The molecule has 0 saturated heterocycles. The van der Waals surface area contributed by atoms with Crippen molar-refractivity contribution in [3.05, 3.63) is 191 Å². The number of benzene rings is 7. The Morgan fingerprint density at radius 3 is 1.74 bits per heavy atom. The van der Waals surface area contributed by atoms with Crippen molar-refractivity contribution in [2.45, 2.75) is 144 Å². The SMILES string of the molecule is [2H]C([2H])([2H])c1cc(-c2c(C(C)(CC)CC)cccc2C(C)(CC)CC)ccc1-n1c(-c2cc(C(C)(C)C)cc(C(C)(C)C)c2O)nc2c(-c3cc(-c4ccccc4)cc(-c4cc(-c5ccc(C)cc5)ccn4)c3)cccc21. The van der Waals surface area contributed by atoms with Crippen LogP contribution in [0.3, 0.4) is 0 Å². The van der Waals surface area contributed by atoms with Crippen molar-refractivity contribution < 1.29 is 9.22 Å². The number of phenolic OH excluding ortho intramolecular Hbond substituents is 1. The molecule has 2 aromatic heterocycles. The van der Waals surface area contributed by atoms with Gasteiger partial charge in [0, 0.05) is 27.0 Å². The first kappa shape index (κ1) is 47.9. The summed E-state index contributed by atoms with van der Waals surface area (Å²) in [5.74, 6) is 0.584. The number of phenols is 1. The van der Waals surface area contributed by atoms with Gasteiger partial charge in [0.25, 0.3) is 0 Å². The Kier molecular flexibility index (Phi) is 13.0. The Hall–Kier alpha value is -7.04. The zero-order valence-electron chi connectivity index (χ0n) is 49.1. The topological polar surface area (TPSA) is 50.9 Å². The largest absolute Gasteiger partial charge is 0.507 e. The molecule has 0 bridgehead atoms. The number of pyridine rings is 1. The van der Waals surface area contributed by atoms with Crippen LogP contribution >= 0.6 is 0 Å². The highest BCUT2D eigenvalue weighted by molar-refractivity contribution is 5.98. The molecular weight excluding hydrogens is 899 g/mol. The average molecular weight is 979 g/mol. The number of fused-ring (bicyclic) bond motifs is 1. The third kappa shape index (κ3) is 9.65. The highest BCUT2D eigenvalue weighted by Crippen LogP contribution is 2.48. The zero-order valence-corrected chi connectivity index (χ0v) is 46.1. The van der Waals surface area contributed by atoms with E-state index >= 15 is 0 Å². The number of aryl methyl sites for hydroxylation is 2. The molecule has 7 aromatic carbocycles. The van der Waals surface area contributed by atoms with Crippen molar-refractivity contribution >= 4 is 11.0 Å². The van der Waals surface area contributed by atoms with Crippen molar-refractivity contribution in [1.82, 2.24) is 14.5 Å². The number of hydrogen-bond donors (Lipinski definition) is 1. The molecule has 9 rings (SSSR count). The van der Waals surface area contributed by atoms with Gasteiger partial charge < -0.3 is 5.11 Å². The van der Waals surface area contributed by atoms with Gasteiger partial charge in [-0.25, -0.2) is 4.98 Å². The molecule has 0 aliphatic rings. The fourth-order valence-electron chi connectivity index (χ4n) is 10.8. The van der Waals surface area contributed by atoms with E-state index in [2.05, 4.69) is 211 Å². The van der Waals surface area contributed by atoms with Crippen LogP contribution in [0.1, 0.15) is 146 Å². The molecule has 1 N–H and O–H groups in total. The predicted octanol–water partition coefficient (Wildman–Crippen LogP) is 19.5. The third-order valence-corrected chi connectivity index (χ3v) is 16.5. The smallest absolute Gasteiger partial charge is 0.149 e. The van der Waals surface area contributed by atoms with Gasteiger partial charge in [-0.05, 0) is 177 Å². The highest BCUT2D eigenvalue weighted by atomic mass is 16.3. The summed E-state index contributed by atoms with van der Waals surface area (Å²) in [6.45, 7) is 26.1. The van der Waals surface area contributed by atoms with Crippen LogP contribution < -0.4 is 0 Å². The molecule has 0 aliphatic carbocycles. The number of para-hydroxylation sites is 1. The van der Waals surface area contributed by atoms with E-state index in [1.165, 1.54) is 16.7 Å². The Morgan fingerprint density at radius 2 is 1.12 bits per heavy atom. The molecule has 2 heterocycles. The lowest BCUT2D eigenvalue weighted by Gasteiger charge is -2.36. The van der Waals surface area contributed by atoms with Crippen LogP contribution in [0.4, 0.5) is 0 Å². The fourth-order valence-corrected chi connectivity index (χ4v) is 10.8. The minimum Gasteiger partial charge on any atom is -0.507 e. The number of aromatic nitrogens is 3. The lowest BCUT2D eigenvalue weighted by Crippen LogP contribution is -2.25. The van der Waals surface area contributed by atoms with E-state index in [9.17, 15) is 9.22 Å². The number of rotatable bonds is 13. The van der Waals surface area contributed by atoms with E-state index in [-0.39, 0.29) is 27.6 Å². The van der Waals surface area contributed by atoms with E-state index in [0.29, 0.717) is 22.6 Å². The first-order valence-corrected chi connectivity index (χ1v) is 26.9. The third-order valence-electron chi connectivity index (χ3n) is 16.5. The van der Waals surface area contributed by atoms with Gasteiger partial charge in [-0.1, -0.05) is 186 Å². The molecule has 4 nitrogen and oxygen atoms in total. The lowest BCUT2D eigenvalue weighted by atomic mass is 9.68. The number of aromatic hydroxyl groups is 1. The molecule has 0 spiro atoms. The van der Waals surface area contributed by atoms with Crippen LogP contribution in [-0.2, 0) is 21.7 Å². The Morgan fingerprint density at radius 1 is 0.514 bits per heavy atom. The van der Waals surface area contributed by atoms with Crippen molar-refractivity contribution in [3.8, 4) is 78.6 Å². The molecule has 0 radical (unpaired) electrons. The average Bonchev–Trinajstić information content (AvgIpc) is 4.02. The molecule has 0 unspecified atom stereocenters. The van der Waals surface area contributed by atoms with Gasteiger partial charge in [-0.3, -0.25) is 9.55 Å². The van der Waals surface area contributed by atoms with Crippen LogP contribution in [0.2, 0.25) is 0 Å². The first-order valence-electron chi connectivity index (χ1n) is 28.4. The maximum atomic E-state index is 12.8. The predicted molar refractivity (Wildman–Crippen MR) is 316 cm³/mol. The van der Waals surface area contributed by atoms with Crippen molar-refractivity contribution in [3.63, 3.8) is 0 Å². The Labute approximate surface area is 446 Å². The van der Waals surface area contributed by atoms with Gasteiger partial charge in [0.15, 0.2) is 0 Å². The second-order valence-electron chi connectivity index (χ2n) is 23.3. The minimum absolute atomic E-state index is 0.124. The molecular formula is C70H77N3O. The van der Waals surface area contributed by atoms with Crippen molar-refractivity contribution in [1.29, 1.82) is 0 Å². The summed E-state index contributed by atoms with van der Waals surface area (Å²) in [7, 11) is 0. The first-order chi connectivity index (χ1) is 36.4. The quantitative estimate of drug-likeness (QED) is 0.125. The minimum atomic E-state index is -2.55. The lowest BCUT2D eigenvalue weighted by molar-refractivity contribution is 0.426. The molecule has 0 aliphatic heterocycles. The Balaban J connectivity index is 1.38. The zero-order chi connectivity index (χ0) is 55.4. The van der Waals surface area contributed by atoms with Gasteiger partial charge >= 0.3 is 0 Å². The van der Waals surface area contributed by atoms with E-state index in [1.807, 2.05) is 41.1 Å². The summed E-state index contributed by atoms with van der Waals surface area (Å²) in [5.41, 5.74) is 17.0. The maximum absolute atomic E-state index is 12.8. The standard InChI is InChI=1S/C70H77N3O/c1-15-69(13,16-2)57-27-23-28-58(70(14,17-3)18-4)63(57)50-34-35-61(46(6)38-50)73-62-29-22-26-55(64(62)72-66(73)56-43-54(67(7,8)9)44-59(65(56)74)68(10,11)12)52-39-51(47-24-20-19-21-25-47)40-53(41-52)60-42-49(36-37-71-60)48-32-30-45(5)31-33-48/h19-44,74H,15-18H2,1-14H3/i6D3. The summed E-state index contributed by atoms with van der Waals surface area (Å²) < 4.78 is 30.3. The number of imidazole rings is 1. The van der Waals surface area contributed by atoms with E-state index in [1.54, 1.807) is 0 Å². The molecule has 0 atom stereocenters. The Bertz CT molecular complexity index is 3580. The summed E-state index contributed by atoms with van der Waals surface area (Å²) >= 11 is 0.